The molecule has 1 aliphatic heterocycles. The number of rotatable bonds is 2. The van der Waals surface area contributed by atoms with E-state index >= 15 is 0 Å². The molecule has 1 atom stereocenters. The summed E-state index contributed by atoms with van der Waals surface area (Å²) in [6.07, 6.45) is 2.00. The number of hydrogen-bond acceptors (Lipinski definition) is 4. The van der Waals surface area contributed by atoms with Crippen LogP contribution in [0.3, 0.4) is 0 Å². The van der Waals surface area contributed by atoms with E-state index in [-0.39, 0.29) is 12.1 Å². The predicted molar refractivity (Wildman–Crippen MR) is 57.0 cm³/mol. The lowest BCUT2D eigenvalue weighted by molar-refractivity contribution is 0.00590. The third-order valence-corrected chi connectivity index (χ3v) is 3.11. The third kappa shape index (κ3) is 1.84. The molecule has 1 aromatic rings. The van der Waals surface area contributed by atoms with Crippen LogP contribution in [0.4, 0.5) is 0 Å². The predicted octanol–water partition coefficient (Wildman–Crippen LogP) is 0.959. The van der Waals surface area contributed by atoms with Gasteiger partial charge in [0.15, 0.2) is 10.6 Å². The van der Waals surface area contributed by atoms with Crippen molar-refractivity contribution in [3.8, 4) is 0 Å². The van der Waals surface area contributed by atoms with Gasteiger partial charge in [-0.05, 0) is 32.0 Å². The van der Waals surface area contributed by atoms with Crippen LogP contribution in [0.1, 0.15) is 25.6 Å². The maximum Gasteiger partial charge on any atom is 0.195 e. The van der Waals surface area contributed by atoms with E-state index < -0.39 is 0 Å². The third-order valence-electron chi connectivity index (χ3n) is 2.84. The van der Waals surface area contributed by atoms with Gasteiger partial charge in [-0.25, -0.2) is 0 Å². The van der Waals surface area contributed by atoms with Crippen molar-refractivity contribution in [3.05, 3.63) is 10.6 Å². The molecule has 2 heterocycles. The topological polar surface area (TPSA) is 63.1 Å². The smallest absolute Gasteiger partial charge is 0.195 e. The Morgan fingerprint density at radius 3 is 3.13 bits per heavy atom. The first-order chi connectivity index (χ1) is 7.17. The molecule has 2 rings (SSSR count). The van der Waals surface area contributed by atoms with Crippen LogP contribution in [-0.2, 0) is 16.9 Å². The zero-order chi connectivity index (χ0) is 10.9. The molecule has 1 unspecified atom stereocenters. The molecule has 1 aliphatic rings. The molecule has 1 aromatic heterocycles. The standard InChI is InChI=1S/C9H15N3O2S/c1-9(3-2-4-14-6-9)12-7(5-13)10-11-8(12)15/h13H,2-6H2,1H3,(H,11,15). The Kier molecular flexibility index (Phi) is 2.90. The second kappa shape index (κ2) is 4.03. The van der Waals surface area contributed by atoms with Gasteiger partial charge in [-0.3, -0.25) is 9.67 Å². The van der Waals surface area contributed by atoms with Gasteiger partial charge in [-0.2, -0.15) is 5.10 Å². The van der Waals surface area contributed by atoms with Gasteiger partial charge >= 0.3 is 0 Å². The van der Waals surface area contributed by atoms with Crippen LogP contribution in [0.5, 0.6) is 0 Å². The number of aliphatic hydroxyl groups excluding tert-OH is 1. The molecule has 0 amide bonds. The molecular weight excluding hydrogens is 214 g/mol. The minimum atomic E-state index is -0.180. The number of aromatic amines is 1. The maximum atomic E-state index is 9.19. The Hall–Kier alpha value is -0.720. The largest absolute Gasteiger partial charge is 0.388 e. The summed E-state index contributed by atoms with van der Waals surface area (Å²) in [6, 6.07) is 0. The zero-order valence-corrected chi connectivity index (χ0v) is 9.51. The molecule has 1 saturated heterocycles. The number of nitrogens with zero attached hydrogens (tertiary/aromatic N) is 2. The Balaban J connectivity index is 2.42. The summed E-state index contributed by atoms with van der Waals surface area (Å²) in [4.78, 5) is 0. The highest BCUT2D eigenvalue weighted by Gasteiger charge is 2.32. The molecule has 84 valence electrons. The summed E-state index contributed by atoms with van der Waals surface area (Å²) >= 11 is 5.17. The Bertz CT molecular complexity index is 392. The molecule has 0 saturated carbocycles. The highest BCUT2D eigenvalue weighted by molar-refractivity contribution is 7.71. The summed E-state index contributed by atoms with van der Waals surface area (Å²) in [7, 11) is 0. The van der Waals surface area contributed by atoms with Gasteiger partial charge in [0.2, 0.25) is 0 Å². The molecule has 6 heteroatoms. The minimum Gasteiger partial charge on any atom is -0.388 e. The Labute approximate surface area is 93.1 Å². The number of nitrogens with one attached hydrogen (secondary N) is 1. The number of aromatic nitrogens is 3. The molecule has 2 N–H and O–H groups in total. The molecule has 5 nitrogen and oxygen atoms in total. The van der Waals surface area contributed by atoms with Crippen molar-refractivity contribution in [2.24, 2.45) is 0 Å². The van der Waals surface area contributed by atoms with Crippen molar-refractivity contribution >= 4 is 12.2 Å². The van der Waals surface area contributed by atoms with Gasteiger partial charge in [-0.15, -0.1) is 0 Å². The SMILES string of the molecule is CC1(n2c(CO)n[nH]c2=S)CCCOC1. The maximum absolute atomic E-state index is 9.19. The lowest BCUT2D eigenvalue weighted by Gasteiger charge is -2.35. The normalized spacial score (nSPS) is 26.8. The van der Waals surface area contributed by atoms with Crippen molar-refractivity contribution in [2.75, 3.05) is 13.2 Å². The fraction of sp³-hybridized carbons (Fsp3) is 0.778. The van der Waals surface area contributed by atoms with E-state index in [1.54, 1.807) is 0 Å². The molecular formula is C9H15N3O2S. The fourth-order valence-electron chi connectivity index (χ4n) is 2.09. The average Bonchev–Trinajstić information content (AvgIpc) is 2.61. The van der Waals surface area contributed by atoms with Crippen LogP contribution in [0.2, 0.25) is 0 Å². The number of H-pyrrole nitrogens is 1. The lowest BCUT2D eigenvalue weighted by Crippen LogP contribution is -2.40. The van der Waals surface area contributed by atoms with Gasteiger partial charge in [0, 0.05) is 6.61 Å². The van der Waals surface area contributed by atoms with E-state index in [1.807, 2.05) is 4.57 Å². The van der Waals surface area contributed by atoms with Crippen LogP contribution in [0.25, 0.3) is 0 Å². The molecule has 0 bridgehead atoms. The van der Waals surface area contributed by atoms with Gasteiger partial charge in [0.05, 0.1) is 12.1 Å². The van der Waals surface area contributed by atoms with Crippen LogP contribution in [0, 0.1) is 4.77 Å². The lowest BCUT2D eigenvalue weighted by atomic mass is 9.94. The molecule has 15 heavy (non-hydrogen) atoms. The molecule has 0 aliphatic carbocycles. The van der Waals surface area contributed by atoms with Crippen LogP contribution < -0.4 is 0 Å². The van der Waals surface area contributed by atoms with E-state index in [4.69, 9.17) is 17.0 Å². The summed E-state index contributed by atoms with van der Waals surface area (Å²) in [5.41, 5.74) is -0.180. The Morgan fingerprint density at radius 1 is 1.73 bits per heavy atom. The van der Waals surface area contributed by atoms with Gasteiger partial charge in [-0.1, -0.05) is 0 Å². The average molecular weight is 229 g/mol. The minimum absolute atomic E-state index is 0.108. The second-order valence-electron chi connectivity index (χ2n) is 4.09. The van der Waals surface area contributed by atoms with Crippen molar-refractivity contribution in [1.29, 1.82) is 0 Å². The summed E-state index contributed by atoms with van der Waals surface area (Å²) < 4.78 is 7.90. The molecule has 0 spiro atoms. The van der Waals surface area contributed by atoms with E-state index in [2.05, 4.69) is 17.1 Å². The van der Waals surface area contributed by atoms with Crippen molar-refractivity contribution in [3.63, 3.8) is 0 Å². The fourth-order valence-corrected chi connectivity index (χ4v) is 2.46. The highest BCUT2D eigenvalue weighted by atomic mass is 32.1. The molecule has 0 aromatic carbocycles. The van der Waals surface area contributed by atoms with Crippen molar-refractivity contribution in [2.45, 2.75) is 31.9 Å². The van der Waals surface area contributed by atoms with Gasteiger partial charge in [0.1, 0.15) is 6.61 Å². The number of hydrogen-bond donors (Lipinski definition) is 2. The van der Waals surface area contributed by atoms with Crippen LogP contribution >= 0.6 is 12.2 Å². The number of aliphatic hydroxyl groups is 1. The monoisotopic (exact) mass is 229 g/mol. The van der Waals surface area contributed by atoms with E-state index in [1.165, 1.54) is 0 Å². The first-order valence-corrected chi connectivity index (χ1v) is 5.43. The second-order valence-corrected chi connectivity index (χ2v) is 4.48. The van der Waals surface area contributed by atoms with Crippen molar-refractivity contribution in [1.82, 2.24) is 14.8 Å². The number of ether oxygens (including phenoxy) is 1. The zero-order valence-electron chi connectivity index (χ0n) is 8.69. The summed E-state index contributed by atoms with van der Waals surface area (Å²) in [6.45, 7) is 3.39. The molecule has 1 fully saturated rings. The summed E-state index contributed by atoms with van der Waals surface area (Å²) in [5, 5.41) is 15.9. The molecule has 0 radical (unpaired) electrons. The Morgan fingerprint density at radius 2 is 2.53 bits per heavy atom. The quantitative estimate of drug-likeness (QED) is 0.741. The first kappa shape index (κ1) is 10.8. The van der Waals surface area contributed by atoms with Crippen LogP contribution in [0.15, 0.2) is 0 Å². The van der Waals surface area contributed by atoms with E-state index in [0.717, 1.165) is 19.4 Å². The van der Waals surface area contributed by atoms with E-state index in [9.17, 15) is 5.11 Å². The van der Waals surface area contributed by atoms with Crippen molar-refractivity contribution < 1.29 is 9.84 Å². The highest BCUT2D eigenvalue weighted by Crippen LogP contribution is 2.28. The summed E-state index contributed by atoms with van der Waals surface area (Å²) in [5.74, 6) is 0.577. The van der Waals surface area contributed by atoms with Crippen LogP contribution in [-0.4, -0.2) is 33.1 Å². The first-order valence-electron chi connectivity index (χ1n) is 5.03. The van der Waals surface area contributed by atoms with Gasteiger partial charge < -0.3 is 9.84 Å². The van der Waals surface area contributed by atoms with E-state index in [0.29, 0.717) is 17.2 Å². The van der Waals surface area contributed by atoms with Gasteiger partial charge in [0.25, 0.3) is 0 Å².